The lowest BCUT2D eigenvalue weighted by atomic mass is 10.0. The molecule has 160 valence electrons. The van der Waals surface area contributed by atoms with Crippen LogP contribution >= 0.6 is 11.8 Å². The van der Waals surface area contributed by atoms with E-state index in [1.807, 2.05) is 51.7 Å². The number of rotatable bonds is 9. The third-order valence-electron chi connectivity index (χ3n) is 4.65. The van der Waals surface area contributed by atoms with Crippen molar-refractivity contribution < 1.29 is 9.53 Å². The fourth-order valence-corrected chi connectivity index (χ4v) is 3.95. The molecule has 2 aromatic rings. The number of carbonyl (C=O) groups is 1. The van der Waals surface area contributed by atoms with Crippen LogP contribution in [0.15, 0.2) is 29.4 Å². The zero-order valence-corrected chi connectivity index (χ0v) is 19.2. The van der Waals surface area contributed by atoms with E-state index in [1.54, 1.807) is 0 Å². The van der Waals surface area contributed by atoms with E-state index in [2.05, 4.69) is 36.2 Å². The molecule has 1 heterocycles. The summed E-state index contributed by atoms with van der Waals surface area (Å²) in [5.74, 6) is 7.93. The number of nitrogens with two attached hydrogens (primary N) is 1. The monoisotopic (exact) mass is 419 g/mol. The second kappa shape index (κ2) is 10.0. The maximum atomic E-state index is 12.8. The first-order chi connectivity index (χ1) is 13.6. The van der Waals surface area contributed by atoms with Gasteiger partial charge in [0, 0.05) is 12.1 Å². The van der Waals surface area contributed by atoms with Gasteiger partial charge in [0.15, 0.2) is 5.82 Å². The zero-order valence-electron chi connectivity index (χ0n) is 18.4. The highest BCUT2D eigenvalue weighted by molar-refractivity contribution is 8.00. The van der Waals surface area contributed by atoms with Crippen LogP contribution in [0.25, 0.3) is 0 Å². The predicted molar refractivity (Wildman–Crippen MR) is 117 cm³/mol. The quantitative estimate of drug-likeness (QED) is 0.491. The first-order valence-corrected chi connectivity index (χ1v) is 10.9. The molecule has 0 saturated heterocycles. The van der Waals surface area contributed by atoms with Crippen LogP contribution in [-0.4, -0.2) is 43.0 Å². The largest absolute Gasteiger partial charge is 0.486 e. The number of hydrogen-bond acceptors (Lipinski definition) is 6. The standard InChI is InChI=1S/C21H33N5O2S/c1-13(2)17-8-10-18(11-9-17)28-12-19-23-24-21(26(19)22)29-16(7)20(27)25(14(3)4)15(5)6/h8-11,13-16H,12,22H2,1-7H3/t16-/m1/s1. The minimum Gasteiger partial charge on any atom is -0.486 e. The summed E-state index contributed by atoms with van der Waals surface area (Å²) in [5.41, 5.74) is 1.26. The molecule has 29 heavy (non-hydrogen) atoms. The topological polar surface area (TPSA) is 86.3 Å². The smallest absolute Gasteiger partial charge is 0.236 e. The highest BCUT2D eigenvalue weighted by Gasteiger charge is 2.27. The molecule has 0 aliphatic carbocycles. The first kappa shape index (κ1) is 23.1. The van der Waals surface area contributed by atoms with E-state index in [1.165, 1.54) is 22.0 Å². The lowest BCUT2D eigenvalue weighted by molar-refractivity contribution is -0.133. The maximum Gasteiger partial charge on any atom is 0.236 e. The molecule has 7 nitrogen and oxygen atoms in total. The Morgan fingerprint density at radius 2 is 1.66 bits per heavy atom. The molecule has 8 heteroatoms. The van der Waals surface area contributed by atoms with Crippen molar-refractivity contribution in [2.45, 2.75) is 83.5 Å². The molecule has 1 aromatic carbocycles. The van der Waals surface area contributed by atoms with Crippen molar-refractivity contribution in [3.05, 3.63) is 35.7 Å². The van der Waals surface area contributed by atoms with Gasteiger partial charge in [0.1, 0.15) is 12.4 Å². The van der Waals surface area contributed by atoms with Crippen LogP contribution in [0, 0.1) is 0 Å². The van der Waals surface area contributed by atoms with Crippen LogP contribution in [0.2, 0.25) is 0 Å². The molecular weight excluding hydrogens is 386 g/mol. The van der Waals surface area contributed by atoms with Gasteiger partial charge in [0.05, 0.1) is 5.25 Å². The molecule has 2 rings (SSSR count). The highest BCUT2D eigenvalue weighted by atomic mass is 32.2. The first-order valence-electron chi connectivity index (χ1n) is 10.0. The third-order valence-corrected chi connectivity index (χ3v) is 5.69. The van der Waals surface area contributed by atoms with Gasteiger partial charge in [-0.05, 0) is 58.2 Å². The van der Waals surface area contributed by atoms with Crippen molar-refractivity contribution in [1.82, 2.24) is 19.8 Å². The molecule has 0 radical (unpaired) electrons. The summed E-state index contributed by atoms with van der Waals surface area (Å²) >= 11 is 1.31. The fraction of sp³-hybridized carbons (Fsp3) is 0.571. The average Bonchev–Trinajstić information content (AvgIpc) is 2.99. The van der Waals surface area contributed by atoms with Crippen LogP contribution in [0.1, 0.15) is 65.8 Å². The fourth-order valence-electron chi connectivity index (χ4n) is 3.11. The van der Waals surface area contributed by atoms with Gasteiger partial charge in [-0.3, -0.25) is 4.79 Å². The molecule has 0 aliphatic rings. The Kier molecular flexibility index (Phi) is 7.96. The molecule has 0 aliphatic heterocycles. The molecule has 1 atom stereocenters. The molecular formula is C21H33N5O2S. The zero-order chi connectivity index (χ0) is 21.7. The predicted octanol–water partition coefficient (Wildman–Crippen LogP) is 3.82. The minimum atomic E-state index is -0.316. The third kappa shape index (κ3) is 5.88. The van der Waals surface area contributed by atoms with Crippen LogP contribution in [0.5, 0.6) is 5.75 Å². The van der Waals surface area contributed by atoms with Gasteiger partial charge in [-0.15, -0.1) is 10.2 Å². The van der Waals surface area contributed by atoms with Gasteiger partial charge in [-0.2, -0.15) is 0 Å². The van der Waals surface area contributed by atoms with E-state index in [4.69, 9.17) is 10.6 Å². The van der Waals surface area contributed by atoms with E-state index in [0.29, 0.717) is 16.9 Å². The summed E-state index contributed by atoms with van der Waals surface area (Å²) in [5, 5.41) is 8.43. The normalized spacial score (nSPS) is 12.6. The minimum absolute atomic E-state index is 0.0612. The number of benzene rings is 1. The number of thioether (sulfide) groups is 1. The summed E-state index contributed by atoms with van der Waals surface area (Å²) in [6.45, 7) is 14.4. The molecule has 0 saturated carbocycles. The summed E-state index contributed by atoms with van der Waals surface area (Å²) in [7, 11) is 0. The van der Waals surface area contributed by atoms with Crippen LogP contribution in [0.4, 0.5) is 0 Å². The van der Waals surface area contributed by atoms with Gasteiger partial charge in [-0.25, -0.2) is 4.68 Å². The summed E-state index contributed by atoms with van der Waals surface area (Å²) in [6.07, 6.45) is 0. The molecule has 0 fully saturated rings. The Hall–Kier alpha value is -2.22. The van der Waals surface area contributed by atoms with Crippen molar-refractivity contribution in [3.8, 4) is 5.75 Å². The van der Waals surface area contributed by atoms with Crippen molar-refractivity contribution in [2.24, 2.45) is 0 Å². The van der Waals surface area contributed by atoms with Crippen molar-refractivity contribution >= 4 is 17.7 Å². The van der Waals surface area contributed by atoms with Crippen molar-refractivity contribution in [1.29, 1.82) is 0 Å². The number of amides is 1. The van der Waals surface area contributed by atoms with Crippen LogP contribution in [-0.2, 0) is 11.4 Å². The molecule has 1 aromatic heterocycles. The number of aromatic nitrogens is 3. The Morgan fingerprint density at radius 3 is 2.17 bits per heavy atom. The SMILES string of the molecule is CC(C)c1ccc(OCc2nnc(S[C@H](C)C(=O)N(C(C)C)C(C)C)n2N)cc1. The lowest BCUT2D eigenvalue weighted by Gasteiger charge is -2.32. The van der Waals surface area contributed by atoms with Crippen molar-refractivity contribution in [3.63, 3.8) is 0 Å². The Bertz CT molecular complexity index is 794. The number of nitrogens with zero attached hydrogens (tertiary/aromatic N) is 4. The molecule has 0 unspecified atom stereocenters. The molecule has 1 amide bonds. The van der Waals surface area contributed by atoms with Gasteiger partial charge in [0.25, 0.3) is 0 Å². The Morgan fingerprint density at radius 1 is 1.07 bits per heavy atom. The van der Waals surface area contributed by atoms with E-state index in [-0.39, 0.29) is 29.8 Å². The second-order valence-electron chi connectivity index (χ2n) is 7.97. The van der Waals surface area contributed by atoms with Crippen molar-refractivity contribution in [2.75, 3.05) is 5.84 Å². The van der Waals surface area contributed by atoms with E-state index in [0.717, 1.165) is 5.75 Å². The highest BCUT2D eigenvalue weighted by Crippen LogP contribution is 2.24. The molecule has 2 N–H and O–H groups in total. The number of nitrogen functional groups attached to an aromatic ring is 1. The number of ether oxygens (including phenoxy) is 1. The van der Waals surface area contributed by atoms with Gasteiger partial charge in [0.2, 0.25) is 11.1 Å². The van der Waals surface area contributed by atoms with Crippen LogP contribution < -0.4 is 10.6 Å². The van der Waals surface area contributed by atoms with Gasteiger partial charge >= 0.3 is 0 Å². The lowest BCUT2D eigenvalue weighted by Crippen LogP contribution is -2.45. The van der Waals surface area contributed by atoms with Gasteiger partial charge < -0.3 is 15.5 Å². The summed E-state index contributed by atoms with van der Waals surface area (Å²) < 4.78 is 7.18. The van der Waals surface area contributed by atoms with E-state index >= 15 is 0 Å². The van der Waals surface area contributed by atoms with Crippen LogP contribution in [0.3, 0.4) is 0 Å². The van der Waals surface area contributed by atoms with E-state index < -0.39 is 0 Å². The Balaban J connectivity index is 2.00. The number of hydrogen-bond donors (Lipinski definition) is 1. The molecule has 0 bridgehead atoms. The second-order valence-corrected chi connectivity index (χ2v) is 9.28. The summed E-state index contributed by atoms with van der Waals surface area (Å²) in [4.78, 5) is 14.7. The maximum absolute atomic E-state index is 12.8. The average molecular weight is 420 g/mol. The number of carbonyl (C=O) groups excluding carboxylic acids is 1. The summed E-state index contributed by atoms with van der Waals surface area (Å²) in [6, 6.07) is 8.25. The van der Waals surface area contributed by atoms with E-state index in [9.17, 15) is 4.79 Å². The Labute approximate surface area is 178 Å². The van der Waals surface area contributed by atoms with Gasteiger partial charge in [-0.1, -0.05) is 37.7 Å². The molecule has 0 spiro atoms.